The van der Waals surface area contributed by atoms with Gasteiger partial charge in [-0.15, -0.1) is 0 Å². The average Bonchev–Trinajstić information content (AvgIpc) is 2.39. The van der Waals surface area contributed by atoms with Crippen LogP contribution >= 0.6 is 17.1 Å². The van der Waals surface area contributed by atoms with E-state index in [1.807, 2.05) is 13.8 Å². The smallest absolute Gasteiger partial charge is 0.306 e. The Morgan fingerprint density at radius 2 is 1.32 bits per heavy atom. The third kappa shape index (κ3) is 9.79. The van der Waals surface area contributed by atoms with Gasteiger partial charge in [-0.2, -0.15) is 0 Å². The van der Waals surface area contributed by atoms with E-state index in [1.54, 1.807) is 13.8 Å². The van der Waals surface area contributed by atoms with E-state index in [0.717, 1.165) is 0 Å². The van der Waals surface area contributed by atoms with E-state index in [1.165, 1.54) is 11.4 Å². The quantitative estimate of drug-likeness (QED) is 0.382. The average molecular weight is 372 g/mol. The summed E-state index contributed by atoms with van der Waals surface area (Å²) in [6.45, 7) is 8.53. The van der Waals surface area contributed by atoms with Gasteiger partial charge in [0.2, 0.25) is 5.69 Å². The lowest BCUT2D eigenvalue weighted by molar-refractivity contribution is -0.144. The van der Waals surface area contributed by atoms with Crippen molar-refractivity contribution in [3.05, 3.63) is 0 Å². The molecule has 9 heteroatoms. The molecular weight excluding hydrogens is 347 g/mol. The first kappa shape index (κ1) is 21.9. The van der Waals surface area contributed by atoms with Crippen molar-refractivity contribution >= 4 is 40.8 Å². The molecule has 0 heterocycles. The highest BCUT2D eigenvalue weighted by Gasteiger charge is 2.29. The van der Waals surface area contributed by atoms with Crippen molar-refractivity contribution < 1.29 is 28.1 Å². The number of rotatable bonds is 12. The van der Waals surface area contributed by atoms with Crippen LogP contribution in [0, 0.1) is 0 Å². The summed E-state index contributed by atoms with van der Waals surface area (Å²) in [5.74, 6) is -0.752. The van der Waals surface area contributed by atoms with Crippen LogP contribution in [0.1, 0.15) is 40.5 Å². The van der Waals surface area contributed by atoms with Gasteiger partial charge in [-0.3, -0.25) is 9.59 Å². The molecule has 0 radical (unpaired) electrons. The van der Waals surface area contributed by atoms with Crippen LogP contribution in [-0.2, 0) is 39.9 Å². The lowest BCUT2D eigenvalue weighted by Crippen LogP contribution is -2.19. The summed E-state index contributed by atoms with van der Waals surface area (Å²) in [6, 6.07) is 0. The van der Waals surface area contributed by atoms with Gasteiger partial charge in [-0.25, -0.2) is 0 Å². The van der Waals surface area contributed by atoms with Crippen molar-refractivity contribution in [1.82, 2.24) is 0 Å². The Morgan fingerprint density at radius 1 is 0.909 bits per heavy atom. The largest absolute Gasteiger partial charge is 0.466 e. The Labute approximate surface area is 141 Å². The SMILES string of the molecule is CCOC(=O)CC(CC(=O)OCC)SP(=S)(OCC)OCC. The normalized spacial score (nSPS) is 11.5. The highest BCUT2D eigenvalue weighted by molar-refractivity contribution is 8.68. The standard InChI is InChI=1S/C13H25O6PS2/c1-5-16-12(14)9-11(10-13(15)17-6-2)22-20(21,18-7-3)19-8-4/h11H,5-10H2,1-4H3. The molecule has 0 amide bonds. The van der Waals surface area contributed by atoms with Crippen LogP contribution in [-0.4, -0.2) is 43.6 Å². The molecule has 0 fully saturated rings. The van der Waals surface area contributed by atoms with Gasteiger partial charge < -0.3 is 18.5 Å². The van der Waals surface area contributed by atoms with Crippen LogP contribution in [0.2, 0.25) is 0 Å². The number of hydrogen-bond donors (Lipinski definition) is 0. The first-order valence-electron chi connectivity index (χ1n) is 7.29. The molecule has 0 unspecified atom stereocenters. The van der Waals surface area contributed by atoms with E-state index in [4.69, 9.17) is 30.3 Å². The molecule has 0 aliphatic carbocycles. The zero-order valence-corrected chi connectivity index (χ0v) is 16.1. The summed E-state index contributed by atoms with van der Waals surface area (Å²) >= 11 is 6.67. The molecule has 0 aromatic heterocycles. The number of carbonyl (C=O) groups excluding carboxylic acids is 2. The third-order valence-electron chi connectivity index (χ3n) is 2.25. The van der Waals surface area contributed by atoms with E-state index >= 15 is 0 Å². The maximum Gasteiger partial charge on any atom is 0.306 e. The van der Waals surface area contributed by atoms with Gasteiger partial charge in [-0.05, 0) is 39.5 Å². The molecule has 0 atom stereocenters. The fourth-order valence-electron chi connectivity index (χ4n) is 1.56. The molecule has 130 valence electrons. The van der Waals surface area contributed by atoms with E-state index in [9.17, 15) is 9.59 Å². The van der Waals surface area contributed by atoms with Crippen molar-refractivity contribution in [3.8, 4) is 0 Å². The number of ether oxygens (including phenoxy) is 2. The first-order valence-corrected chi connectivity index (χ1v) is 11.4. The van der Waals surface area contributed by atoms with Crippen LogP contribution in [0.5, 0.6) is 0 Å². The van der Waals surface area contributed by atoms with Crippen molar-refractivity contribution in [2.45, 2.75) is 45.8 Å². The van der Waals surface area contributed by atoms with Crippen molar-refractivity contribution in [1.29, 1.82) is 0 Å². The Balaban J connectivity index is 4.90. The van der Waals surface area contributed by atoms with E-state index in [2.05, 4.69) is 0 Å². The topological polar surface area (TPSA) is 71.1 Å². The molecule has 0 N–H and O–H groups in total. The Kier molecular flexibility index (Phi) is 12.2. The highest BCUT2D eigenvalue weighted by Crippen LogP contribution is 2.63. The fourth-order valence-corrected chi connectivity index (χ4v) is 7.44. The monoisotopic (exact) mass is 372 g/mol. The van der Waals surface area contributed by atoms with Crippen molar-refractivity contribution in [2.24, 2.45) is 0 Å². The predicted octanol–water partition coefficient (Wildman–Crippen LogP) is 3.29. The molecule has 0 rings (SSSR count). The summed E-state index contributed by atoms with van der Waals surface area (Å²) in [5.41, 5.74) is -2.59. The van der Waals surface area contributed by atoms with Gasteiger partial charge in [0, 0.05) is 5.25 Å². The second kappa shape index (κ2) is 12.3. The molecule has 0 aromatic carbocycles. The summed E-state index contributed by atoms with van der Waals surface area (Å²) in [7, 11) is 0. The molecular formula is C13H25O6PS2. The minimum Gasteiger partial charge on any atom is -0.466 e. The lowest BCUT2D eigenvalue weighted by Gasteiger charge is -2.24. The summed E-state index contributed by atoms with van der Waals surface area (Å²) in [6.07, 6.45) is 0.131. The van der Waals surface area contributed by atoms with Crippen molar-refractivity contribution in [3.63, 3.8) is 0 Å². The molecule has 0 aliphatic rings. The summed E-state index contributed by atoms with van der Waals surface area (Å²) in [5, 5.41) is -0.387. The zero-order chi connectivity index (χ0) is 17.0. The van der Waals surface area contributed by atoms with Crippen molar-refractivity contribution in [2.75, 3.05) is 26.4 Å². The van der Waals surface area contributed by atoms with Gasteiger partial charge >= 0.3 is 11.9 Å². The molecule has 6 nitrogen and oxygen atoms in total. The Hall–Kier alpha value is -0.140. The van der Waals surface area contributed by atoms with Gasteiger partial charge in [0.25, 0.3) is 0 Å². The molecule has 0 saturated carbocycles. The number of hydrogen-bond acceptors (Lipinski definition) is 8. The first-order chi connectivity index (χ1) is 10.4. The van der Waals surface area contributed by atoms with Gasteiger partial charge in [0.15, 0.2) is 0 Å². The Morgan fingerprint density at radius 3 is 1.64 bits per heavy atom. The minimum absolute atomic E-state index is 0.0653. The van der Waals surface area contributed by atoms with Crippen LogP contribution in [0.4, 0.5) is 0 Å². The van der Waals surface area contributed by atoms with Crippen LogP contribution < -0.4 is 0 Å². The summed E-state index contributed by atoms with van der Waals surface area (Å²) < 4.78 is 21.0. The van der Waals surface area contributed by atoms with E-state index in [0.29, 0.717) is 26.4 Å². The van der Waals surface area contributed by atoms with Crippen LogP contribution in [0.15, 0.2) is 0 Å². The second-order valence-corrected chi connectivity index (χ2v) is 10.5. The third-order valence-corrected chi connectivity index (χ3v) is 8.00. The minimum atomic E-state index is -2.59. The van der Waals surface area contributed by atoms with Crippen LogP contribution in [0.3, 0.4) is 0 Å². The molecule has 22 heavy (non-hydrogen) atoms. The van der Waals surface area contributed by atoms with E-state index < -0.39 is 5.69 Å². The number of esters is 2. The predicted molar refractivity (Wildman–Crippen MR) is 91.4 cm³/mol. The lowest BCUT2D eigenvalue weighted by atomic mass is 10.2. The molecule has 0 aliphatic heterocycles. The maximum absolute atomic E-state index is 11.7. The van der Waals surface area contributed by atoms with Gasteiger partial charge in [0.1, 0.15) is 0 Å². The molecule has 0 saturated heterocycles. The molecule has 0 bridgehead atoms. The van der Waals surface area contributed by atoms with Gasteiger partial charge in [-0.1, -0.05) is 11.4 Å². The molecule has 0 spiro atoms. The van der Waals surface area contributed by atoms with Gasteiger partial charge in [0.05, 0.1) is 39.3 Å². The zero-order valence-electron chi connectivity index (χ0n) is 13.5. The highest BCUT2D eigenvalue weighted by atomic mass is 32.9. The second-order valence-electron chi connectivity index (χ2n) is 4.03. The maximum atomic E-state index is 11.7. The Bertz CT molecular complexity index is 361. The van der Waals surface area contributed by atoms with Crippen LogP contribution in [0.25, 0.3) is 0 Å². The molecule has 0 aromatic rings. The number of carbonyl (C=O) groups is 2. The summed E-state index contributed by atoms with van der Waals surface area (Å²) in [4.78, 5) is 23.4. The fraction of sp³-hybridized carbons (Fsp3) is 0.846. The van der Waals surface area contributed by atoms with E-state index in [-0.39, 0.29) is 30.0 Å².